The predicted octanol–water partition coefficient (Wildman–Crippen LogP) is 6.52. The van der Waals surface area contributed by atoms with Crippen LogP contribution in [0, 0.1) is 0 Å². The summed E-state index contributed by atoms with van der Waals surface area (Å²) in [6.45, 7) is 0.642. The summed E-state index contributed by atoms with van der Waals surface area (Å²) in [4.78, 5) is 0. The highest BCUT2D eigenvalue weighted by molar-refractivity contribution is 7.98. The Balaban J connectivity index is 1.62. The molecule has 3 nitrogen and oxygen atoms in total. The van der Waals surface area contributed by atoms with E-state index in [4.69, 9.17) is 23.2 Å². The Morgan fingerprint density at radius 3 is 2.10 bits per heavy atom. The number of hydrogen-bond donors (Lipinski definition) is 0. The van der Waals surface area contributed by atoms with Gasteiger partial charge in [0.1, 0.15) is 5.82 Å². The van der Waals surface area contributed by atoms with Gasteiger partial charge < -0.3 is 4.57 Å². The Hall–Kier alpha value is -2.27. The molecular weight excluding hydrogens is 421 g/mol. The van der Waals surface area contributed by atoms with Gasteiger partial charge in [0.05, 0.1) is 16.6 Å². The molecule has 4 aromatic rings. The smallest absolute Gasteiger partial charge is 0.191 e. The number of nitrogens with zero attached hydrogens (tertiary/aromatic N) is 3. The maximum absolute atomic E-state index is 6.23. The molecule has 0 saturated carbocycles. The summed E-state index contributed by atoms with van der Waals surface area (Å²) >= 11 is 14.0. The fourth-order valence-electron chi connectivity index (χ4n) is 3.04. The standard InChI is InChI=1S/C23H19Cl2N3S/c24-20-12-11-19(13-21(20)25)15-28-22(14-17-7-3-1-4-8-17)26-27-23(28)29-16-18-9-5-2-6-10-18/h1-13H,14-16H2. The van der Waals surface area contributed by atoms with E-state index in [2.05, 4.69) is 51.2 Å². The molecule has 0 atom stereocenters. The van der Waals surface area contributed by atoms with Gasteiger partial charge >= 0.3 is 0 Å². The van der Waals surface area contributed by atoms with Crippen LogP contribution in [-0.4, -0.2) is 14.8 Å². The third-order valence-electron chi connectivity index (χ3n) is 4.53. The van der Waals surface area contributed by atoms with Crippen molar-refractivity contribution in [3.63, 3.8) is 0 Å². The maximum atomic E-state index is 6.23. The van der Waals surface area contributed by atoms with Crippen LogP contribution in [0.2, 0.25) is 10.0 Å². The van der Waals surface area contributed by atoms with E-state index in [1.54, 1.807) is 11.8 Å². The maximum Gasteiger partial charge on any atom is 0.191 e. The average molecular weight is 440 g/mol. The van der Waals surface area contributed by atoms with Crippen molar-refractivity contribution in [2.45, 2.75) is 23.9 Å². The van der Waals surface area contributed by atoms with Crippen molar-refractivity contribution in [2.24, 2.45) is 0 Å². The number of benzene rings is 3. The van der Waals surface area contributed by atoms with Crippen molar-refractivity contribution in [1.82, 2.24) is 14.8 Å². The summed E-state index contributed by atoms with van der Waals surface area (Å²) in [6, 6.07) is 26.4. The molecule has 4 rings (SSSR count). The first-order valence-electron chi connectivity index (χ1n) is 9.26. The topological polar surface area (TPSA) is 30.7 Å². The number of hydrogen-bond acceptors (Lipinski definition) is 3. The first-order valence-corrected chi connectivity index (χ1v) is 11.0. The van der Waals surface area contributed by atoms with E-state index >= 15 is 0 Å². The Labute approximate surface area is 184 Å². The van der Waals surface area contributed by atoms with Gasteiger partial charge in [-0.1, -0.05) is 102 Å². The van der Waals surface area contributed by atoms with Gasteiger partial charge in [-0.25, -0.2) is 0 Å². The molecule has 0 bridgehead atoms. The molecule has 0 unspecified atom stereocenters. The highest BCUT2D eigenvalue weighted by Crippen LogP contribution is 2.26. The van der Waals surface area contributed by atoms with Crippen LogP contribution < -0.4 is 0 Å². The monoisotopic (exact) mass is 439 g/mol. The zero-order chi connectivity index (χ0) is 20.1. The minimum atomic E-state index is 0.556. The summed E-state index contributed by atoms with van der Waals surface area (Å²) < 4.78 is 2.17. The normalized spacial score (nSPS) is 11.0. The predicted molar refractivity (Wildman–Crippen MR) is 121 cm³/mol. The number of aromatic nitrogens is 3. The lowest BCUT2D eigenvalue weighted by Gasteiger charge is -2.11. The lowest BCUT2D eigenvalue weighted by Crippen LogP contribution is -2.07. The molecule has 1 aromatic heterocycles. The molecule has 6 heteroatoms. The number of halogens is 2. The molecule has 0 N–H and O–H groups in total. The lowest BCUT2D eigenvalue weighted by molar-refractivity contribution is 0.676. The largest absolute Gasteiger partial charge is 0.301 e. The van der Waals surface area contributed by atoms with E-state index < -0.39 is 0 Å². The molecule has 0 aliphatic carbocycles. The molecule has 0 aliphatic rings. The van der Waals surface area contributed by atoms with E-state index in [0.717, 1.165) is 28.7 Å². The van der Waals surface area contributed by atoms with Gasteiger partial charge in [-0.2, -0.15) is 0 Å². The average Bonchev–Trinajstić information content (AvgIpc) is 3.12. The highest BCUT2D eigenvalue weighted by atomic mass is 35.5. The first kappa shape index (κ1) is 20.0. The van der Waals surface area contributed by atoms with Crippen LogP contribution in [0.15, 0.2) is 84.0 Å². The van der Waals surface area contributed by atoms with Gasteiger partial charge in [0.15, 0.2) is 5.16 Å². The molecule has 0 aliphatic heterocycles. The van der Waals surface area contributed by atoms with Gasteiger partial charge in [0, 0.05) is 12.2 Å². The molecule has 146 valence electrons. The second-order valence-electron chi connectivity index (χ2n) is 6.67. The second-order valence-corrected chi connectivity index (χ2v) is 8.43. The highest BCUT2D eigenvalue weighted by Gasteiger charge is 2.14. The molecule has 3 aromatic carbocycles. The first-order chi connectivity index (χ1) is 14.2. The Kier molecular flexibility index (Phi) is 6.55. The van der Waals surface area contributed by atoms with Crippen molar-refractivity contribution in [2.75, 3.05) is 0 Å². The van der Waals surface area contributed by atoms with Crippen LogP contribution in [0.1, 0.15) is 22.5 Å². The fraction of sp³-hybridized carbons (Fsp3) is 0.130. The van der Waals surface area contributed by atoms with Crippen LogP contribution in [0.5, 0.6) is 0 Å². The van der Waals surface area contributed by atoms with E-state index in [0.29, 0.717) is 16.6 Å². The van der Waals surface area contributed by atoms with E-state index in [9.17, 15) is 0 Å². The summed E-state index contributed by atoms with van der Waals surface area (Å²) in [7, 11) is 0. The minimum Gasteiger partial charge on any atom is -0.301 e. The van der Waals surface area contributed by atoms with E-state index in [1.165, 1.54) is 11.1 Å². The van der Waals surface area contributed by atoms with Crippen molar-refractivity contribution in [3.05, 3.63) is 111 Å². The zero-order valence-electron chi connectivity index (χ0n) is 15.6. The van der Waals surface area contributed by atoms with Gasteiger partial charge in [-0.15, -0.1) is 10.2 Å². The van der Waals surface area contributed by atoms with E-state index in [-0.39, 0.29) is 0 Å². The molecule has 0 saturated heterocycles. The second kappa shape index (κ2) is 9.49. The van der Waals surface area contributed by atoms with E-state index in [1.807, 2.05) is 42.5 Å². The molecule has 29 heavy (non-hydrogen) atoms. The third-order valence-corrected chi connectivity index (χ3v) is 6.31. The van der Waals surface area contributed by atoms with Crippen molar-refractivity contribution >= 4 is 35.0 Å². The molecule has 0 radical (unpaired) electrons. The SMILES string of the molecule is Clc1ccc(Cn2c(Cc3ccccc3)nnc2SCc2ccccc2)cc1Cl. The molecule has 0 fully saturated rings. The molecular formula is C23H19Cl2N3S. The van der Waals surface area contributed by atoms with Crippen LogP contribution in [0.3, 0.4) is 0 Å². The fourth-order valence-corrected chi connectivity index (χ4v) is 4.27. The van der Waals surface area contributed by atoms with Gasteiger partial charge in [-0.3, -0.25) is 0 Å². The third kappa shape index (κ3) is 5.21. The van der Waals surface area contributed by atoms with Crippen LogP contribution in [0.4, 0.5) is 0 Å². The van der Waals surface area contributed by atoms with Crippen molar-refractivity contribution in [3.8, 4) is 0 Å². The Morgan fingerprint density at radius 1 is 0.724 bits per heavy atom. The van der Waals surface area contributed by atoms with Gasteiger partial charge in [0.2, 0.25) is 0 Å². The van der Waals surface area contributed by atoms with Crippen molar-refractivity contribution in [1.29, 1.82) is 0 Å². The summed E-state index contributed by atoms with van der Waals surface area (Å²) in [5.41, 5.74) is 3.52. The van der Waals surface area contributed by atoms with Gasteiger partial charge in [0.25, 0.3) is 0 Å². The summed E-state index contributed by atoms with van der Waals surface area (Å²) in [5, 5.41) is 11.0. The van der Waals surface area contributed by atoms with Crippen LogP contribution >= 0.6 is 35.0 Å². The Morgan fingerprint density at radius 2 is 1.41 bits per heavy atom. The summed E-state index contributed by atoms with van der Waals surface area (Å²) in [6.07, 6.45) is 0.723. The van der Waals surface area contributed by atoms with Crippen LogP contribution in [0.25, 0.3) is 0 Å². The summed E-state index contributed by atoms with van der Waals surface area (Å²) in [5.74, 6) is 1.77. The minimum absolute atomic E-state index is 0.556. The zero-order valence-corrected chi connectivity index (χ0v) is 18.0. The van der Waals surface area contributed by atoms with Crippen LogP contribution in [-0.2, 0) is 18.7 Å². The van der Waals surface area contributed by atoms with Crippen molar-refractivity contribution < 1.29 is 0 Å². The molecule has 1 heterocycles. The lowest BCUT2D eigenvalue weighted by atomic mass is 10.1. The van der Waals surface area contributed by atoms with Gasteiger partial charge in [-0.05, 0) is 28.8 Å². The number of rotatable bonds is 7. The number of thioether (sulfide) groups is 1. The molecule has 0 spiro atoms. The molecule has 0 amide bonds. The Bertz CT molecular complexity index is 1080. The quantitative estimate of drug-likeness (QED) is 0.307.